The molecule has 3 heterocycles. The summed E-state index contributed by atoms with van der Waals surface area (Å²) in [5.74, 6) is 1.71. The highest BCUT2D eigenvalue weighted by Gasteiger charge is 2.16. The molecule has 0 radical (unpaired) electrons. The lowest BCUT2D eigenvalue weighted by molar-refractivity contribution is -0.385. The van der Waals surface area contributed by atoms with Gasteiger partial charge in [-0.05, 0) is 19.1 Å². The summed E-state index contributed by atoms with van der Waals surface area (Å²) in [7, 11) is 0. The summed E-state index contributed by atoms with van der Waals surface area (Å²) >= 11 is 1.39. The van der Waals surface area contributed by atoms with Crippen LogP contribution in [0.2, 0.25) is 0 Å². The Morgan fingerprint density at radius 1 is 1.45 bits per heavy atom. The molecule has 0 aliphatic rings. The van der Waals surface area contributed by atoms with Crippen molar-refractivity contribution in [2.75, 3.05) is 0 Å². The molecule has 3 aromatic rings. The second-order valence-electron chi connectivity index (χ2n) is 4.30. The first kappa shape index (κ1) is 14.3. The van der Waals surface area contributed by atoms with E-state index in [2.05, 4.69) is 15.3 Å². The maximum absolute atomic E-state index is 10.6. The molecule has 0 aliphatic heterocycles. The summed E-state index contributed by atoms with van der Waals surface area (Å²) in [6, 6.07) is 3.61. The van der Waals surface area contributed by atoms with Gasteiger partial charge in [0.05, 0.1) is 17.1 Å². The van der Waals surface area contributed by atoms with E-state index < -0.39 is 4.92 Å². The Morgan fingerprint density at radius 2 is 2.32 bits per heavy atom. The molecule has 10 heteroatoms. The number of furan rings is 1. The summed E-state index contributed by atoms with van der Waals surface area (Å²) in [6.07, 6.45) is 4.19. The van der Waals surface area contributed by atoms with Crippen LogP contribution in [0.3, 0.4) is 0 Å². The van der Waals surface area contributed by atoms with Crippen molar-refractivity contribution in [1.82, 2.24) is 24.5 Å². The third-order valence-electron chi connectivity index (χ3n) is 2.93. The van der Waals surface area contributed by atoms with Crippen molar-refractivity contribution in [1.29, 1.82) is 0 Å². The Labute approximate surface area is 129 Å². The molecule has 0 unspecified atom stereocenters. The number of hydrogen-bond acceptors (Lipinski definition) is 7. The van der Waals surface area contributed by atoms with Crippen LogP contribution >= 0.6 is 11.8 Å². The molecule has 0 bridgehead atoms. The largest absolute Gasteiger partial charge is 0.461 e. The molecule has 0 saturated carbocycles. The van der Waals surface area contributed by atoms with Crippen molar-refractivity contribution in [3.05, 3.63) is 40.9 Å². The molecule has 0 saturated heterocycles. The Morgan fingerprint density at radius 3 is 2.95 bits per heavy atom. The van der Waals surface area contributed by atoms with E-state index >= 15 is 0 Å². The maximum atomic E-state index is 10.6. The zero-order valence-electron chi connectivity index (χ0n) is 11.6. The summed E-state index contributed by atoms with van der Waals surface area (Å²) < 4.78 is 8.75. The highest BCUT2D eigenvalue weighted by molar-refractivity contribution is 7.98. The standard InChI is InChI=1S/C12H12N6O3S/c1-2-17-11(10-4-3-5-21-10)14-15-12(17)22-8-16-7-9(6-13-16)18(19)20/h3-7H,2,8H2,1H3. The van der Waals surface area contributed by atoms with Gasteiger partial charge in [-0.2, -0.15) is 5.10 Å². The fourth-order valence-corrected chi connectivity index (χ4v) is 2.77. The Kier molecular flexibility index (Phi) is 3.92. The van der Waals surface area contributed by atoms with Crippen molar-refractivity contribution in [3.8, 4) is 11.6 Å². The van der Waals surface area contributed by atoms with E-state index in [0.717, 1.165) is 0 Å². The molecule has 0 fully saturated rings. The molecule has 9 nitrogen and oxygen atoms in total. The first-order valence-corrected chi connectivity index (χ1v) is 7.44. The highest BCUT2D eigenvalue weighted by atomic mass is 32.2. The Bertz CT molecular complexity index is 779. The summed E-state index contributed by atoms with van der Waals surface area (Å²) in [4.78, 5) is 10.2. The molecule has 0 aromatic carbocycles. The van der Waals surface area contributed by atoms with Crippen LogP contribution in [0.4, 0.5) is 5.69 Å². The van der Waals surface area contributed by atoms with Crippen LogP contribution in [-0.4, -0.2) is 29.5 Å². The highest BCUT2D eigenvalue weighted by Crippen LogP contribution is 2.25. The van der Waals surface area contributed by atoms with E-state index in [9.17, 15) is 10.1 Å². The number of thioether (sulfide) groups is 1. The molecule has 0 aliphatic carbocycles. The van der Waals surface area contributed by atoms with Crippen LogP contribution in [0.25, 0.3) is 11.6 Å². The smallest absolute Gasteiger partial charge is 0.307 e. The molecule has 0 spiro atoms. The topological polar surface area (TPSA) is 105 Å². The van der Waals surface area contributed by atoms with Crippen molar-refractivity contribution < 1.29 is 9.34 Å². The first-order chi connectivity index (χ1) is 10.7. The third kappa shape index (κ3) is 2.72. The zero-order valence-corrected chi connectivity index (χ0v) is 12.4. The second-order valence-corrected chi connectivity index (χ2v) is 5.21. The van der Waals surface area contributed by atoms with Gasteiger partial charge in [-0.3, -0.25) is 19.4 Å². The molecule has 0 atom stereocenters. The number of nitrogens with zero attached hydrogens (tertiary/aromatic N) is 6. The quantitative estimate of drug-likeness (QED) is 0.390. The average Bonchev–Trinajstić information content (AvgIpc) is 3.23. The normalized spacial score (nSPS) is 11.0. The van der Waals surface area contributed by atoms with Crippen molar-refractivity contribution >= 4 is 17.4 Å². The first-order valence-electron chi connectivity index (χ1n) is 6.45. The fraction of sp³-hybridized carbons (Fsp3) is 0.250. The van der Waals surface area contributed by atoms with Gasteiger partial charge in [0, 0.05) is 6.54 Å². The van der Waals surface area contributed by atoms with Crippen LogP contribution in [0.15, 0.2) is 40.4 Å². The predicted molar refractivity (Wildman–Crippen MR) is 78.1 cm³/mol. The number of rotatable bonds is 6. The lowest BCUT2D eigenvalue weighted by Crippen LogP contribution is -2.01. The van der Waals surface area contributed by atoms with E-state index in [1.807, 2.05) is 17.6 Å². The number of aromatic nitrogens is 5. The molecule has 114 valence electrons. The van der Waals surface area contributed by atoms with E-state index in [0.29, 0.717) is 29.2 Å². The van der Waals surface area contributed by atoms with Crippen LogP contribution in [0, 0.1) is 10.1 Å². The van der Waals surface area contributed by atoms with E-state index in [-0.39, 0.29) is 5.69 Å². The van der Waals surface area contributed by atoms with Crippen molar-refractivity contribution in [2.24, 2.45) is 0 Å². The van der Waals surface area contributed by atoms with Gasteiger partial charge < -0.3 is 4.42 Å². The van der Waals surface area contributed by atoms with Crippen LogP contribution in [0.5, 0.6) is 0 Å². The van der Waals surface area contributed by atoms with Gasteiger partial charge in [0.15, 0.2) is 16.7 Å². The lowest BCUT2D eigenvalue weighted by Gasteiger charge is -2.05. The van der Waals surface area contributed by atoms with Gasteiger partial charge in [-0.15, -0.1) is 10.2 Å². The van der Waals surface area contributed by atoms with Gasteiger partial charge >= 0.3 is 5.69 Å². The Balaban J connectivity index is 1.76. The zero-order chi connectivity index (χ0) is 15.5. The molecule has 3 aromatic heterocycles. The van der Waals surface area contributed by atoms with Crippen LogP contribution < -0.4 is 0 Å². The average molecular weight is 320 g/mol. The SMILES string of the molecule is CCn1c(SCn2cc([N+](=O)[O-])cn2)nnc1-c1ccco1. The minimum atomic E-state index is -0.474. The van der Waals surface area contributed by atoms with Gasteiger partial charge in [0.2, 0.25) is 0 Å². The summed E-state index contributed by atoms with van der Waals surface area (Å²) in [5, 5.41) is 23.6. The molecular weight excluding hydrogens is 308 g/mol. The number of nitro groups is 1. The summed E-state index contributed by atoms with van der Waals surface area (Å²) in [6.45, 7) is 2.67. The molecule has 0 N–H and O–H groups in total. The van der Waals surface area contributed by atoms with E-state index in [1.165, 1.54) is 28.8 Å². The Hall–Kier alpha value is -2.62. The van der Waals surface area contributed by atoms with Gasteiger partial charge in [0.25, 0.3) is 0 Å². The minimum Gasteiger partial charge on any atom is -0.461 e. The van der Waals surface area contributed by atoms with Gasteiger partial charge in [-0.1, -0.05) is 11.8 Å². The number of hydrogen-bond donors (Lipinski definition) is 0. The van der Waals surface area contributed by atoms with Gasteiger partial charge in [-0.25, -0.2) is 0 Å². The summed E-state index contributed by atoms with van der Waals surface area (Å²) in [5.41, 5.74) is -0.0335. The van der Waals surface area contributed by atoms with Gasteiger partial charge in [0.1, 0.15) is 12.4 Å². The fourth-order valence-electron chi connectivity index (χ4n) is 1.91. The molecular formula is C12H12N6O3S. The lowest BCUT2D eigenvalue weighted by atomic mass is 10.4. The van der Waals surface area contributed by atoms with E-state index in [4.69, 9.17) is 4.42 Å². The van der Waals surface area contributed by atoms with Crippen LogP contribution in [0.1, 0.15) is 6.92 Å². The molecule has 3 rings (SSSR count). The minimum absolute atomic E-state index is 0.0335. The predicted octanol–water partition coefficient (Wildman–Crippen LogP) is 2.41. The molecule has 22 heavy (non-hydrogen) atoms. The van der Waals surface area contributed by atoms with Crippen molar-refractivity contribution in [3.63, 3.8) is 0 Å². The maximum Gasteiger partial charge on any atom is 0.307 e. The van der Waals surface area contributed by atoms with Crippen molar-refractivity contribution in [2.45, 2.75) is 24.5 Å². The van der Waals surface area contributed by atoms with Crippen LogP contribution in [-0.2, 0) is 12.4 Å². The monoisotopic (exact) mass is 320 g/mol. The third-order valence-corrected chi connectivity index (χ3v) is 3.88. The molecule has 0 amide bonds. The van der Waals surface area contributed by atoms with E-state index in [1.54, 1.807) is 12.3 Å². The second kappa shape index (κ2) is 6.02.